The van der Waals surface area contributed by atoms with Gasteiger partial charge in [0.1, 0.15) is 30.4 Å². The van der Waals surface area contributed by atoms with Crippen molar-refractivity contribution in [3.63, 3.8) is 0 Å². The molecule has 0 aromatic heterocycles. The summed E-state index contributed by atoms with van der Waals surface area (Å²) >= 11 is 17.1. The van der Waals surface area contributed by atoms with Gasteiger partial charge in [0.25, 0.3) is 5.91 Å². The average Bonchev–Trinajstić information content (AvgIpc) is 2.98. The highest BCUT2D eigenvalue weighted by atomic mass is 35.6. The van der Waals surface area contributed by atoms with Gasteiger partial charge in [-0.25, -0.2) is 9.59 Å². The molecule has 11 nitrogen and oxygen atoms in total. The topological polar surface area (TPSA) is 138 Å². The third-order valence-electron chi connectivity index (χ3n) is 5.62. The molecule has 2 aromatic rings. The van der Waals surface area contributed by atoms with Gasteiger partial charge in [0.05, 0.1) is 0 Å². The third kappa shape index (κ3) is 10.6. The number of carbonyl (C=O) groups is 5. The normalized spacial score (nSPS) is 16.7. The maximum absolute atomic E-state index is 13.3. The largest absolute Gasteiger partial charge is 0.508 e. The first-order chi connectivity index (χ1) is 20.4. The first-order valence-corrected chi connectivity index (χ1v) is 14.6. The highest BCUT2D eigenvalue weighted by Crippen LogP contribution is 2.35. The van der Waals surface area contributed by atoms with E-state index in [1.165, 1.54) is 6.92 Å². The molecular formula is C28H27Cl3N2O9S. The van der Waals surface area contributed by atoms with Gasteiger partial charge in [-0.1, -0.05) is 102 Å². The van der Waals surface area contributed by atoms with Crippen molar-refractivity contribution in [1.82, 2.24) is 10.2 Å². The molecule has 3 atom stereocenters. The number of nitrogens with one attached hydrogen (secondary N) is 1. The van der Waals surface area contributed by atoms with E-state index in [0.29, 0.717) is 17.5 Å². The molecule has 1 unspecified atom stereocenters. The van der Waals surface area contributed by atoms with Crippen molar-refractivity contribution in [2.24, 2.45) is 0 Å². The SMILES string of the molecule is C=C(C)C(C(=O)OCc1ccccc1)N1C(=O)[C@H](NC(=O)COc2ccccc2)[C@@H]1SC(=O)COC(=O)OCC(Cl)(Cl)Cl. The Kier molecular flexibility index (Phi) is 12.6. The van der Waals surface area contributed by atoms with E-state index in [-0.39, 0.29) is 12.2 Å². The van der Waals surface area contributed by atoms with Crippen LogP contribution in [0.25, 0.3) is 0 Å². The van der Waals surface area contributed by atoms with Crippen molar-refractivity contribution in [3.05, 3.63) is 78.4 Å². The van der Waals surface area contributed by atoms with E-state index in [9.17, 15) is 24.0 Å². The Morgan fingerprint density at radius 1 is 0.977 bits per heavy atom. The number of alkyl halides is 3. The number of para-hydroxylation sites is 1. The highest BCUT2D eigenvalue weighted by Gasteiger charge is 2.54. The minimum absolute atomic E-state index is 0.0661. The monoisotopic (exact) mass is 672 g/mol. The van der Waals surface area contributed by atoms with E-state index in [1.54, 1.807) is 54.6 Å². The maximum Gasteiger partial charge on any atom is 0.508 e. The number of thioether (sulfide) groups is 1. The number of amides is 2. The van der Waals surface area contributed by atoms with Crippen molar-refractivity contribution < 1.29 is 42.9 Å². The second kappa shape index (κ2) is 15.9. The van der Waals surface area contributed by atoms with Crippen LogP contribution >= 0.6 is 46.6 Å². The van der Waals surface area contributed by atoms with Gasteiger partial charge in [-0.2, -0.15) is 0 Å². The predicted molar refractivity (Wildman–Crippen MR) is 160 cm³/mol. The van der Waals surface area contributed by atoms with Crippen LogP contribution in [0, 0.1) is 0 Å². The molecule has 3 rings (SSSR count). The molecule has 1 aliphatic heterocycles. The minimum Gasteiger partial charge on any atom is -0.484 e. The summed E-state index contributed by atoms with van der Waals surface area (Å²) in [6, 6.07) is 14.9. The van der Waals surface area contributed by atoms with Crippen LogP contribution in [0.15, 0.2) is 72.8 Å². The first-order valence-electron chi connectivity index (χ1n) is 12.6. The number of hydrogen-bond donors (Lipinski definition) is 1. The average molecular weight is 674 g/mol. The summed E-state index contributed by atoms with van der Waals surface area (Å²) in [5, 5.41) is 0.707. The lowest BCUT2D eigenvalue weighted by Gasteiger charge is -2.49. The van der Waals surface area contributed by atoms with Crippen molar-refractivity contribution in [1.29, 1.82) is 0 Å². The molecule has 1 saturated heterocycles. The van der Waals surface area contributed by atoms with E-state index in [4.69, 9.17) is 49.0 Å². The second-order valence-corrected chi connectivity index (χ2v) is 12.7. The van der Waals surface area contributed by atoms with Crippen LogP contribution in [0.5, 0.6) is 5.75 Å². The quantitative estimate of drug-likeness (QED) is 0.143. The van der Waals surface area contributed by atoms with Crippen LogP contribution in [0.1, 0.15) is 12.5 Å². The number of rotatable bonds is 13. The van der Waals surface area contributed by atoms with Gasteiger partial charge >= 0.3 is 12.1 Å². The zero-order valence-corrected chi connectivity index (χ0v) is 25.8. The fourth-order valence-electron chi connectivity index (χ4n) is 3.73. The number of ether oxygens (including phenoxy) is 4. The van der Waals surface area contributed by atoms with Crippen LogP contribution in [0.3, 0.4) is 0 Å². The highest BCUT2D eigenvalue weighted by molar-refractivity contribution is 8.14. The Morgan fingerprint density at radius 2 is 1.60 bits per heavy atom. The van der Waals surface area contributed by atoms with Gasteiger partial charge in [-0.05, 0) is 30.2 Å². The molecule has 1 fully saturated rings. The van der Waals surface area contributed by atoms with Crippen molar-refractivity contribution in [3.8, 4) is 5.75 Å². The molecule has 0 saturated carbocycles. The lowest BCUT2D eigenvalue weighted by Crippen LogP contribution is -2.73. The molecule has 0 spiro atoms. The Bertz CT molecular complexity index is 1330. The smallest absolute Gasteiger partial charge is 0.484 e. The number of carbonyl (C=O) groups excluding carboxylic acids is 5. The Morgan fingerprint density at radius 3 is 2.21 bits per heavy atom. The van der Waals surface area contributed by atoms with Crippen LogP contribution in [0.2, 0.25) is 0 Å². The number of esters is 1. The van der Waals surface area contributed by atoms with Gasteiger partial charge in [0, 0.05) is 0 Å². The zero-order valence-electron chi connectivity index (χ0n) is 22.7. The van der Waals surface area contributed by atoms with Crippen molar-refractivity contribution >= 4 is 75.6 Å². The Hall–Kier alpha value is -3.45. The maximum atomic E-state index is 13.3. The Balaban J connectivity index is 1.70. The number of hydrogen-bond acceptors (Lipinski definition) is 10. The predicted octanol–water partition coefficient (Wildman–Crippen LogP) is 4.19. The van der Waals surface area contributed by atoms with E-state index >= 15 is 0 Å². The summed E-state index contributed by atoms with van der Waals surface area (Å²) in [4.78, 5) is 64.7. The van der Waals surface area contributed by atoms with Gasteiger partial charge in [-0.3, -0.25) is 14.4 Å². The third-order valence-corrected chi connectivity index (χ3v) is 7.06. The van der Waals surface area contributed by atoms with E-state index in [1.807, 2.05) is 6.07 Å². The molecule has 0 bridgehead atoms. The van der Waals surface area contributed by atoms with Crippen LogP contribution in [0.4, 0.5) is 4.79 Å². The molecule has 43 heavy (non-hydrogen) atoms. The number of likely N-dealkylation sites (tertiary alicyclic amines) is 1. The van der Waals surface area contributed by atoms with Crippen LogP contribution in [-0.2, 0) is 40.0 Å². The molecule has 2 aromatic carbocycles. The van der Waals surface area contributed by atoms with Crippen LogP contribution < -0.4 is 10.1 Å². The minimum atomic E-state index is -1.88. The molecule has 230 valence electrons. The number of β-lactam (4-membered cyclic amide) rings is 1. The van der Waals surface area contributed by atoms with Crippen molar-refractivity contribution in [2.45, 2.75) is 34.8 Å². The number of halogens is 3. The number of nitrogens with zero attached hydrogens (tertiary/aromatic N) is 1. The second-order valence-electron chi connectivity index (χ2n) is 9.06. The van der Waals surface area contributed by atoms with Gasteiger partial charge in [-0.15, -0.1) is 0 Å². The summed E-state index contributed by atoms with van der Waals surface area (Å²) in [7, 11) is 0. The summed E-state index contributed by atoms with van der Waals surface area (Å²) in [5.41, 5.74) is 0.975. The molecule has 0 aliphatic carbocycles. The summed E-state index contributed by atoms with van der Waals surface area (Å²) in [6.45, 7) is 3.46. The summed E-state index contributed by atoms with van der Waals surface area (Å²) < 4.78 is 18.3. The number of benzene rings is 2. The fourth-order valence-corrected chi connectivity index (χ4v) is 4.95. The fraction of sp³-hybridized carbons (Fsp3) is 0.321. The molecular weight excluding hydrogens is 647 g/mol. The summed E-state index contributed by atoms with van der Waals surface area (Å²) in [6.07, 6.45) is -1.27. The molecule has 2 amide bonds. The van der Waals surface area contributed by atoms with Gasteiger partial charge in [0.15, 0.2) is 19.3 Å². The molecule has 0 radical (unpaired) electrons. The van der Waals surface area contributed by atoms with Gasteiger partial charge in [0.2, 0.25) is 14.8 Å². The molecule has 1 heterocycles. The van der Waals surface area contributed by atoms with E-state index in [2.05, 4.69) is 16.6 Å². The first kappa shape index (κ1) is 34.0. The van der Waals surface area contributed by atoms with Crippen molar-refractivity contribution in [2.75, 3.05) is 19.8 Å². The molecule has 1 N–H and O–H groups in total. The molecule has 1 aliphatic rings. The zero-order chi connectivity index (χ0) is 31.6. The van der Waals surface area contributed by atoms with E-state index in [0.717, 1.165) is 10.5 Å². The standard InChI is InChI=1S/C28H27Cl3N2O9S/c1-17(2)23(26(37)40-13-18-9-5-3-6-10-18)33-24(36)22(32-20(34)14-39-19-11-7-4-8-12-19)25(33)43-21(35)15-41-27(38)42-16-28(29,30)31/h3-12,22-23,25H,1,13-16H2,2H3,(H,32,34)/t22-,23?,25-/m0/s1. The lowest BCUT2D eigenvalue weighted by molar-refractivity contribution is -0.163. The summed E-state index contributed by atoms with van der Waals surface area (Å²) in [5.74, 6) is -1.66. The van der Waals surface area contributed by atoms with Crippen LogP contribution in [-0.4, -0.2) is 75.0 Å². The lowest BCUT2D eigenvalue weighted by atomic mass is 9.99. The molecule has 15 heteroatoms. The Labute approximate surface area is 266 Å². The van der Waals surface area contributed by atoms with Gasteiger partial charge < -0.3 is 29.2 Å². The van der Waals surface area contributed by atoms with E-state index < -0.39 is 70.1 Å².